The van der Waals surface area contributed by atoms with E-state index in [4.69, 9.17) is 0 Å². The third-order valence-corrected chi connectivity index (χ3v) is 6.25. The van der Waals surface area contributed by atoms with Crippen molar-refractivity contribution in [1.29, 1.82) is 0 Å². The van der Waals surface area contributed by atoms with Crippen LogP contribution in [-0.2, 0) is 4.79 Å². The van der Waals surface area contributed by atoms with Gasteiger partial charge in [0, 0.05) is 49.6 Å². The van der Waals surface area contributed by atoms with Gasteiger partial charge in [0.05, 0.1) is 6.54 Å². The molecule has 0 radical (unpaired) electrons. The third-order valence-electron chi connectivity index (χ3n) is 5.48. The van der Waals surface area contributed by atoms with E-state index in [1.54, 1.807) is 16.5 Å². The Hall–Kier alpha value is -3.04. The first kappa shape index (κ1) is 20.2. The molecule has 156 valence electrons. The lowest BCUT2D eigenvalue weighted by Crippen LogP contribution is -2.51. The van der Waals surface area contributed by atoms with Gasteiger partial charge in [-0.3, -0.25) is 23.7 Å². The number of benzene rings is 1. The Bertz CT molecular complexity index is 1160. The Labute approximate surface area is 177 Å². The first-order chi connectivity index (χ1) is 14.4. The van der Waals surface area contributed by atoms with E-state index in [0.717, 1.165) is 16.8 Å². The molecule has 1 fully saturated rings. The standard InChI is InChI=1S/C21H23N5O3S/c1-14-4-3-5-17(15(14)2)23-18(27)13-24-6-8-25(9-7-24)19(28)16-12-22-21-26(20(16)29)10-11-30-21/h3-5,10-12H,6-9,13H2,1-2H3,(H,23,27). The highest BCUT2D eigenvalue weighted by atomic mass is 32.1. The van der Waals surface area contributed by atoms with Crippen molar-refractivity contribution in [2.75, 3.05) is 38.0 Å². The fraction of sp³-hybridized carbons (Fsp3) is 0.333. The van der Waals surface area contributed by atoms with E-state index in [1.165, 1.54) is 21.9 Å². The topological polar surface area (TPSA) is 87.0 Å². The van der Waals surface area contributed by atoms with Crippen molar-refractivity contribution in [3.8, 4) is 0 Å². The van der Waals surface area contributed by atoms with Gasteiger partial charge in [-0.2, -0.15) is 0 Å². The third kappa shape index (κ3) is 3.99. The van der Waals surface area contributed by atoms with Gasteiger partial charge in [-0.25, -0.2) is 4.98 Å². The van der Waals surface area contributed by atoms with E-state index in [-0.39, 0.29) is 29.5 Å². The van der Waals surface area contributed by atoms with E-state index in [1.807, 2.05) is 36.9 Å². The van der Waals surface area contributed by atoms with E-state index in [2.05, 4.69) is 10.3 Å². The Morgan fingerprint density at radius 1 is 1.17 bits per heavy atom. The molecular formula is C21H23N5O3S. The molecule has 2 aromatic heterocycles. The van der Waals surface area contributed by atoms with Gasteiger partial charge in [-0.1, -0.05) is 12.1 Å². The van der Waals surface area contributed by atoms with Crippen LogP contribution in [0.15, 0.2) is 40.8 Å². The molecule has 9 heteroatoms. The molecule has 1 N–H and O–H groups in total. The molecule has 0 saturated carbocycles. The summed E-state index contributed by atoms with van der Waals surface area (Å²) in [5.74, 6) is -0.388. The molecule has 2 amide bonds. The fourth-order valence-corrected chi connectivity index (χ4v) is 4.21. The molecule has 1 saturated heterocycles. The average Bonchev–Trinajstić information content (AvgIpc) is 3.22. The summed E-state index contributed by atoms with van der Waals surface area (Å²) in [7, 11) is 0. The van der Waals surface area contributed by atoms with Gasteiger partial charge in [0.1, 0.15) is 5.56 Å². The maximum atomic E-state index is 12.8. The van der Waals surface area contributed by atoms with Gasteiger partial charge in [-0.15, -0.1) is 11.3 Å². The van der Waals surface area contributed by atoms with Crippen LogP contribution in [0.5, 0.6) is 0 Å². The van der Waals surface area contributed by atoms with Crippen molar-refractivity contribution in [3.05, 3.63) is 63.0 Å². The highest BCUT2D eigenvalue weighted by molar-refractivity contribution is 7.15. The molecular weight excluding hydrogens is 402 g/mol. The molecule has 1 aliphatic rings. The molecule has 3 heterocycles. The molecule has 4 rings (SSSR count). The number of nitrogens with one attached hydrogen (secondary N) is 1. The zero-order valence-electron chi connectivity index (χ0n) is 16.9. The molecule has 1 aliphatic heterocycles. The van der Waals surface area contributed by atoms with Crippen LogP contribution in [0.25, 0.3) is 4.96 Å². The second-order valence-corrected chi connectivity index (χ2v) is 8.27. The Kier molecular flexibility index (Phi) is 5.65. The number of aromatic nitrogens is 2. The van der Waals surface area contributed by atoms with Crippen LogP contribution >= 0.6 is 11.3 Å². The predicted octanol–water partition coefficient (Wildman–Crippen LogP) is 1.77. The quantitative estimate of drug-likeness (QED) is 0.688. The minimum atomic E-state index is -0.346. The van der Waals surface area contributed by atoms with Gasteiger partial charge in [-0.05, 0) is 31.0 Å². The van der Waals surface area contributed by atoms with Crippen molar-refractivity contribution in [2.45, 2.75) is 13.8 Å². The molecule has 0 bridgehead atoms. The zero-order chi connectivity index (χ0) is 21.3. The molecule has 0 atom stereocenters. The van der Waals surface area contributed by atoms with E-state index in [9.17, 15) is 14.4 Å². The smallest absolute Gasteiger partial charge is 0.271 e. The maximum absolute atomic E-state index is 12.8. The minimum absolute atomic E-state index is 0.0752. The average molecular weight is 426 g/mol. The van der Waals surface area contributed by atoms with Gasteiger partial charge < -0.3 is 10.2 Å². The van der Waals surface area contributed by atoms with Crippen LogP contribution in [0.1, 0.15) is 21.5 Å². The number of anilines is 1. The summed E-state index contributed by atoms with van der Waals surface area (Å²) in [6, 6.07) is 5.83. The van der Waals surface area contributed by atoms with Gasteiger partial charge >= 0.3 is 0 Å². The molecule has 0 aliphatic carbocycles. The monoisotopic (exact) mass is 425 g/mol. The summed E-state index contributed by atoms with van der Waals surface area (Å²) in [5, 5.41) is 4.73. The highest BCUT2D eigenvalue weighted by Gasteiger charge is 2.25. The first-order valence-corrected chi connectivity index (χ1v) is 10.6. The van der Waals surface area contributed by atoms with Crippen LogP contribution in [-0.4, -0.2) is 63.7 Å². The molecule has 30 heavy (non-hydrogen) atoms. The Morgan fingerprint density at radius 2 is 1.93 bits per heavy atom. The van der Waals surface area contributed by atoms with Crippen molar-refractivity contribution >= 4 is 33.8 Å². The van der Waals surface area contributed by atoms with Gasteiger partial charge in [0.15, 0.2) is 4.96 Å². The number of carbonyl (C=O) groups excluding carboxylic acids is 2. The minimum Gasteiger partial charge on any atom is -0.336 e. The van der Waals surface area contributed by atoms with Crippen molar-refractivity contribution < 1.29 is 9.59 Å². The van der Waals surface area contributed by atoms with Gasteiger partial charge in [0.2, 0.25) is 5.91 Å². The number of rotatable bonds is 4. The lowest BCUT2D eigenvalue weighted by atomic mass is 10.1. The summed E-state index contributed by atoms with van der Waals surface area (Å²) >= 11 is 1.35. The van der Waals surface area contributed by atoms with Crippen LogP contribution in [0.2, 0.25) is 0 Å². The molecule has 0 spiro atoms. The summed E-state index contributed by atoms with van der Waals surface area (Å²) in [5.41, 5.74) is 2.74. The van der Waals surface area contributed by atoms with Crippen LogP contribution in [0, 0.1) is 13.8 Å². The number of aryl methyl sites for hydroxylation is 1. The highest BCUT2D eigenvalue weighted by Crippen LogP contribution is 2.18. The maximum Gasteiger partial charge on any atom is 0.271 e. The van der Waals surface area contributed by atoms with Crippen LogP contribution in [0.3, 0.4) is 0 Å². The largest absolute Gasteiger partial charge is 0.336 e. The summed E-state index contributed by atoms with van der Waals surface area (Å²) in [6.45, 7) is 6.32. The number of fused-ring (bicyclic) bond motifs is 1. The normalized spacial score (nSPS) is 14.8. The fourth-order valence-electron chi connectivity index (χ4n) is 3.53. The summed E-state index contributed by atoms with van der Waals surface area (Å²) in [4.78, 5) is 46.2. The van der Waals surface area contributed by atoms with Crippen molar-refractivity contribution in [1.82, 2.24) is 19.2 Å². The SMILES string of the molecule is Cc1cccc(NC(=O)CN2CCN(C(=O)c3cnc4sccn4c3=O)CC2)c1C. The number of amides is 2. The first-order valence-electron chi connectivity index (χ1n) is 9.76. The number of hydrogen-bond donors (Lipinski definition) is 1. The number of thiazole rings is 1. The predicted molar refractivity (Wildman–Crippen MR) is 116 cm³/mol. The van der Waals surface area contributed by atoms with Crippen LogP contribution in [0.4, 0.5) is 5.69 Å². The number of hydrogen-bond acceptors (Lipinski definition) is 6. The van der Waals surface area contributed by atoms with E-state index in [0.29, 0.717) is 31.1 Å². The summed E-state index contributed by atoms with van der Waals surface area (Å²) < 4.78 is 1.39. The lowest BCUT2D eigenvalue weighted by Gasteiger charge is -2.34. The van der Waals surface area contributed by atoms with Crippen molar-refractivity contribution in [2.24, 2.45) is 0 Å². The summed E-state index contributed by atoms with van der Waals surface area (Å²) in [6.07, 6.45) is 2.99. The zero-order valence-corrected chi connectivity index (χ0v) is 17.7. The lowest BCUT2D eigenvalue weighted by molar-refractivity contribution is -0.117. The molecule has 1 aromatic carbocycles. The van der Waals surface area contributed by atoms with Gasteiger partial charge in [0.25, 0.3) is 11.5 Å². The molecule has 3 aromatic rings. The van der Waals surface area contributed by atoms with Crippen molar-refractivity contribution in [3.63, 3.8) is 0 Å². The molecule has 8 nitrogen and oxygen atoms in total. The second-order valence-electron chi connectivity index (χ2n) is 7.40. The van der Waals surface area contributed by atoms with Crippen LogP contribution < -0.4 is 10.9 Å². The van der Waals surface area contributed by atoms with E-state index >= 15 is 0 Å². The Morgan fingerprint density at radius 3 is 2.70 bits per heavy atom. The number of carbonyl (C=O) groups is 2. The van der Waals surface area contributed by atoms with E-state index < -0.39 is 0 Å². The number of piperazine rings is 1. The Balaban J connectivity index is 1.34. The number of nitrogens with zero attached hydrogens (tertiary/aromatic N) is 4. The molecule has 0 unspecified atom stereocenters. The second kappa shape index (κ2) is 8.37.